The molecule has 6 heteroatoms. The maximum atomic E-state index is 11.1. The van der Waals surface area contributed by atoms with Gasteiger partial charge in [-0.15, -0.1) is 11.3 Å². The van der Waals surface area contributed by atoms with Gasteiger partial charge in [0.2, 0.25) is 0 Å². The minimum atomic E-state index is -2.87. The second-order valence-electron chi connectivity index (χ2n) is 4.24. The van der Waals surface area contributed by atoms with Gasteiger partial charge in [-0.05, 0) is 30.8 Å². The molecule has 0 saturated carbocycles. The van der Waals surface area contributed by atoms with Gasteiger partial charge in [0.15, 0.2) is 0 Å². The summed E-state index contributed by atoms with van der Waals surface area (Å²) in [4.78, 5) is 1.15. The SMILES string of the molecule is CCNC(CCCS(C)(=O)=O)c1sccc1OC. The molecule has 0 aromatic carbocycles. The molecule has 0 aliphatic carbocycles. The molecule has 104 valence electrons. The van der Waals surface area contributed by atoms with Gasteiger partial charge in [-0.1, -0.05) is 6.92 Å². The third-order valence-corrected chi connectivity index (χ3v) is 4.69. The minimum Gasteiger partial charge on any atom is -0.496 e. The quantitative estimate of drug-likeness (QED) is 0.798. The Morgan fingerprint density at radius 2 is 2.22 bits per heavy atom. The summed E-state index contributed by atoms with van der Waals surface area (Å²) in [6.45, 7) is 2.90. The maximum Gasteiger partial charge on any atom is 0.147 e. The van der Waals surface area contributed by atoms with Crippen LogP contribution in [0.2, 0.25) is 0 Å². The van der Waals surface area contributed by atoms with Crippen molar-refractivity contribution in [3.05, 3.63) is 16.3 Å². The molecule has 1 aromatic heterocycles. The van der Waals surface area contributed by atoms with E-state index in [-0.39, 0.29) is 11.8 Å². The number of sulfone groups is 1. The van der Waals surface area contributed by atoms with Crippen LogP contribution in [-0.4, -0.2) is 34.1 Å². The Labute approximate surface area is 113 Å². The number of ether oxygens (including phenoxy) is 1. The van der Waals surface area contributed by atoms with Crippen LogP contribution in [0.5, 0.6) is 5.75 Å². The van der Waals surface area contributed by atoms with Gasteiger partial charge >= 0.3 is 0 Å². The van der Waals surface area contributed by atoms with E-state index in [1.165, 1.54) is 6.26 Å². The molecule has 0 fully saturated rings. The first-order valence-corrected chi connectivity index (χ1v) is 8.94. The summed E-state index contributed by atoms with van der Waals surface area (Å²) >= 11 is 1.64. The summed E-state index contributed by atoms with van der Waals surface area (Å²) in [5.41, 5.74) is 0. The van der Waals surface area contributed by atoms with E-state index in [1.807, 2.05) is 18.4 Å². The summed E-state index contributed by atoms with van der Waals surface area (Å²) in [6.07, 6.45) is 2.75. The number of methoxy groups -OCH3 is 1. The Kier molecular flexibility index (Phi) is 6.11. The van der Waals surface area contributed by atoms with Crippen molar-refractivity contribution in [3.63, 3.8) is 0 Å². The highest BCUT2D eigenvalue weighted by atomic mass is 32.2. The summed E-state index contributed by atoms with van der Waals surface area (Å²) in [7, 11) is -1.22. The fraction of sp³-hybridized carbons (Fsp3) is 0.667. The zero-order valence-electron chi connectivity index (χ0n) is 11.1. The van der Waals surface area contributed by atoms with Crippen LogP contribution >= 0.6 is 11.3 Å². The van der Waals surface area contributed by atoms with Crippen LogP contribution in [0.25, 0.3) is 0 Å². The van der Waals surface area contributed by atoms with E-state index >= 15 is 0 Å². The summed E-state index contributed by atoms with van der Waals surface area (Å²) in [5.74, 6) is 1.12. The second-order valence-corrected chi connectivity index (χ2v) is 7.44. The first-order valence-electron chi connectivity index (χ1n) is 6.00. The van der Waals surface area contributed by atoms with Crippen LogP contribution in [0.1, 0.15) is 30.7 Å². The Balaban J connectivity index is 2.65. The fourth-order valence-corrected chi connectivity index (χ4v) is 3.52. The predicted molar refractivity (Wildman–Crippen MR) is 76.2 cm³/mol. The molecular weight excluding hydrogens is 270 g/mol. The zero-order chi connectivity index (χ0) is 13.6. The monoisotopic (exact) mass is 291 g/mol. The van der Waals surface area contributed by atoms with Crippen LogP contribution in [0.4, 0.5) is 0 Å². The molecule has 0 amide bonds. The summed E-state index contributed by atoms with van der Waals surface area (Å²) in [5, 5.41) is 5.38. The lowest BCUT2D eigenvalue weighted by atomic mass is 10.1. The van der Waals surface area contributed by atoms with E-state index < -0.39 is 9.84 Å². The lowest BCUT2D eigenvalue weighted by Crippen LogP contribution is -2.21. The second kappa shape index (κ2) is 7.11. The summed E-state index contributed by atoms with van der Waals surface area (Å²) < 4.78 is 27.6. The molecule has 0 radical (unpaired) electrons. The number of hydrogen-bond donors (Lipinski definition) is 1. The lowest BCUT2D eigenvalue weighted by Gasteiger charge is -2.17. The lowest BCUT2D eigenvalue weighted by molar-refractivity contribution is 0.400. The van der Waals surface area contributed by atoms with Crippen molar-refractivity contribution in [1.29, 1.82) is 0 Å². The molecule has 0 bridgehead atoms. The van der Waals surface area contributed by atoms with Crippen LogP contribution in [0.15, 0.2) is 11.4 Å². The molecule has 1 unspecified atom stereocenters. The Morgan fingerprint density at radius 1 is 1.50 bits per heavy atom. The standard InChI is InChI=1S/C12H21NO3S2/c1-4-13-10(6-5-9-18(3,14)15)12-11(16-2)7-8-17-12/h7-8,10,13H,4-6,9H2,1-3H3. The highest BCUT2D eigenvalue weighted by Gasteiger charge is 2.17. The van der Waals surface area contributed by atoms with E-state index in [2.05, 4.69) is 5.32 Å². The largest absolute Gasteiger partial charge is 0.496 e. The van der Waals surface area contributed by atoms with Gasteiger partial charge in [0.05, 0.1) is 12.0 Å². The molecule has 0 saturated heterocycles. The number of rotatable bonds is 8. The number of nitrogens with one attached hydrogen (secondary N) is 1. The molecule has 0 spiro atoms. The topological polar surface area (TPSA) is 55.4 Å². The van der Waals surface area contributed by atoms with E-state index in [4.69, 9.17) is 4.74 Å². The van der Waals surface area contributed by atoms with Crippen molar-refractivity contribution in [2.24, 2.45) is 0 Å². The van der Waals surface area contributed by atoms with Crippen LogP contribution in [0.3, 0.4) is 0 Å². The third-order valence-electron chi connectivity index (χ3n) is 2.65. The van der Waals surface area contributed by atoms with E-state index in [0.717, 1.165) is 23.6 Å². The zero-order valence-corrected chi connectivity index (χ0v) is 12.7. The van der Waals surface area contributed by atoms with Crippen molar-refractivity contribution in [2.75, 3.05) is 25.7 Å². The Morgan fingerprint density at radius 3 is 2.78 bits per heavy atom. The minimum absolute atomic E-state index is 0.173. The molecule has 1 rings (SSSR count). The van der Waals surface area contributed by atoms with Gasteiger partial charge in [0.1, 0.15) is 15.6 Å². The molecule has 1 heterocycles. The molecule has 18 heavy (non-hydrogen) atoms. The first kappa shape index (κ1) is 15.5. The van der Waals surface area contributed by atoms with Gasteiger partial charge in [0.25, 0.3) is 0 Å². The average Bonchev–Trinajstić information content (AvgIpc) is 2.74. The smallest absolute Gasteiger partial charge is 0.147 e. The molecular formula is C12H21NO3S2. The third kappa shape index (κ3) is 4.96. The molecule has 0 aliphatic rings. The van der Waals surface area contributed by atoms with Gasteiger partial charge < -0.3 is 10.1 Å². The van der Waals surface area contributed by atoms with Gasteiger partial charge in [-0.2, -0.15) is 0 Å². The van der Waals surface area contributed by atoms with Gasteiger partial charge in [0, 0.05) is 18.1 Å². The Hall–Kier alpha value is -0.590. The molecule has 1 atom stereocenters. The van der Waals surface area contributed by atoms with Crippen molar-refractivity contribution < 1.29 is 13.2 Å². The van der Waals surface area contributed by atoms with Crippen LogP contribution < -0.4 is 10.1 Å². The van der Waals surface area contributed by atoms with Crippen molar-refractivity contribution in [2.45, 2.75) is 25.8 Å². The molecule has 1 N–H and O–H groups in total. The van der Waals surface area contributed by atoms with Crippen molar-refractivity contribution >= 4 is 21.2 Å². The van der Waals surface area contributed by atoms with Crippen molar-refractivity contribution in [1.82, 2.24) is 5.32 Å². The molecule has 0 aliphatic heterocycles. The van der Waals surface area contributed by atoms with Crippen LogP contribution in [0, 0.1) is 0 Å². The van der Waals surface area contributed by atoms with E-state index in [1.54, 1.807) is 18.4 Å². The van der Waals surface area contributed by atoms with Crippen LogP contribution in [-0.2, 0) is 9.84 Å². The molecule has 4 nitrogen and oxygen atoms in total. The maximum absolute atomic E-state index is 11.1. The molecule has 1 aromatic rings. The first-order chi connectivity index (χ1) is 8.48. The normalized spacial score (nSPS) is 13.5. The highest BCUT2D eigenvalue weighted by Crippen LogP contribution is 2.33. The summed E-state index contributed by atoms with van der Waals surface area (Å²) in [6, 6.07) is 2.12. The number of thiophene rings is 1. The number of hydrogen-bond acceptors (Lipinski definition) is 5. The Bertz CT molecular complexity index is 454. The van der Waals surface area contributed by atoms with Crippen molar-refractivity contribution in [3.8, 4) is 5.75 Å². The fourth-order valence-electron chi connectivity index (χ4n) is 1.85. The predicted octanol–water partition coefficient (Wildman–Crippen LogP) is 2.23. The van der Waals surface area contributed by atoms with E-state index in [9.17, 15) is 8.42 Å². The van der Waals surface area contributed by atoms with Gasteiger partial charge in [-0.25, -0.2) is 8.42 Å². The average molecular weight is 291 g/mol. The highest BCUT2D eigenvalue weighted by molar-refractivity contribution is 7.90. The van der Waals surface area contributed by atoms with Gasteiger partial charge in [-0.3, -0.25) is 0 Å². The van der Waals surface area contributed by atoms with E-state index in [0.29, 0.717) is 6.42 Å².